The first kappa shape index (κ1) is 15.8. The normalized spacial score (nSPS) is 14.7. The topological polar surface area (TPSA) is 83.2 Å². The molecule has 118 valence electrons. The van der Waals surface area contributed by atoms with E-state index in [-0.39, 0.29) is 0 Å². The third-order valence-corrected chi connectivity index (χ3v) is 4.16. The third kappa shape index (κ3) is 3.72. The van der Waals surface area contributed by atoms with Gasteiger partial charge in [-0.05, 0) is 39.5 Å². The second kappa shape index (κ2) is 7.40. The second-order valence-electron chi connectivity index (χ2n) is 5.41. The summed E-state index contributed by atoms with van der Waals surface area (Å²) >= 11 is 0. The van der Waals surface area contributed by atoms with Crippen molar-refractivity contribution in [2.45, 2.75) is 40.0 Å². The van der Waals surface area contributed by atoms with Crippen LogP contribution in [0.1, 0.15) is 40.0 Å². The predicted molar refractivity (Wildman–Crippen MR) is 86.4 cm³/mol. The molecule has 0 unspecified atom stereocenters. The van der Waals surface area contributed by atoms with Crippen molar-refractivity contribution in [3.8, 4) is 0 Å². The molecule has 1 aromatic heterocycles. The van der Waals surface area contributed by atoms with Gasteiger partial charge in [-0.1, -0.05) is 6.42 Å². The van der Waals surface area contributed by atoms with Gasteiger partial charge in [-0.25, -0.2) is 5.84 Å². The van der Waals surface area contributed by atoms with Crippen LogP contribution in [0.4, 0.5) is 17.8 Å². The maximum absolute atomic E-state index is 5.51. The molecule has 0 spiro atoms. The van der Waals surface area contributed by atoms with Crippen molar-refractivity contribution < 1.29 is 0 Å². The zero-order valence-corrected chi connectivity index (χ0v) is 13.3. The molecular weight excluding hydrogens is 266 g/mol. The molecule has 7 heteroatoms. The van der Waals surface area contributed by atoms with Gasteiger partial charge in [0.2, 0.25) is 17.8 Å². The Morgan fingerprint density at radius 2 is 1.57 bits per heavy atom. The van der Waals surface area contributed by atoms with E-state index in [1.54, 1.807) is 0 Å². The molecule has 0 bridgehead atoms. The van der Waals surface area contributed by atoms with Gasteiger partial charge < -0.3 is 9.80 Å². The summed E-state index contributed by atoms with van der Waals surface area (Å²) in [6, 6.07) is 0. The lowest BCUT2D eigenvalue weighted by Crippen LogP contribution is -2.35. The molecule has 7 nitrogen and oxygen atoms in total. The van der Waals surface area contributed by atoms with E-state index in [1.165, 1.54) is 19.3 Å². The zero-order valence-electron chi connectivity index (χ0n) is 13.3. The number of nitrogens with two attached hydrogens (primary N) is 1. The van der Waals surface area contributed by atoms with Gasteiger partial charge in [0.1, 0.15) is 0 Å². The van der Waals surface area contributed by atoms with Gasteiger partial charge in [0.05, 0.1) is 0 Å². The Hall–Kier alpha value is -1.63. The molecule has 3 N–H and O–H groups in total. The first-order valence-electron chi connectivity index (χ1n) is 7.94. The van der Waals surface area contributed by atoms with Crippen molar-refractivity contribution in [1.29, 1.82) is 0 Å². The Morgan fingerprint density at radius 3 is 2.00 bits per heavy atom. The summed E-state index contributed by atoms with van der Waals surface area (Å²) in [4.78, 5) is 17.8. The van der Waals surface area contributed by atoms with Crippen LogP contribution in [-0.2, 0) is 0 Å². The van der Waals surface area contributed by atoms with E-state index in [4.69, 9.17) is 5.84 Å². The lowest BCUT2D eigenvalue weighted by atomic mass is 9.85. The Labute approximate surface area is 126 Å². The van der Waals surface area contributed by atoms with E-state index >= 15 is 0 Å². The first-order valence-corrected chi connectivity index (χ1v) is 7.94. The molecular formula is C14H27N7. The summed E-state index contributed by atoms with van der Waals surface area (Å²) in [5.41, 5.74) is 2.56. The van der Waals surface area contributed by atoms with Crippen molar-refractivity contribution in [2.24, 2.45) is 11.8 Å². The van der Waals surface area contributed by atoms with Crippen molar-refractivity contribution in [3.63, 3.8) is 0 Å². The molecule has 1 heterocycles. The van der Waals surface area contributed by atoms with Gasteiger partial charge in [0.15, 0.2) is 0 Å². The Balaban J connectivity index is 2.24. The highest BCUT2D eigenvalue weighted by Crippen LogP contribution is 2.28. The molecule has 1 aliphatic carbocycles. The quantitative estimate of drug-likeness (QED) is 0.556. The summed E-state index contributed by atoms with van der Waals surface area (Å²) in [6.45, 7) is 9.94. The Morgan fingerprint density at radius 1 is 1.00 bits per heavy atom. The minimum atomic E-state index is 0.425. The van der Waals surface area contributed by atoms with Gasteiger partial charge in [0, 0.05) is 26.2 Å². The lowest BCUT2D eigenvalue weighted by Gasteiger charge is -2.32. The summed E-state index contributed by atoms with van der Waals surface area (Å²) in [7, 11) is 0. The van der Waals surface area contributed by atoms with Crippen LogP contribution < -0.4 is 21.1 Å². The molecule has 1 aliphatic rings. The second-order valence-corrected chi connectivity index (χ2v) is 5.41. The van der Waals surface area contributed by atoms with Crippen LogP contribution in [0.2, 0.25) is 0 Å². The summed E-state index contributed by atoms with van der Waals surface area (Å²) in [5, 5.41) is 0. The fourth-order valence-electron chi connectivity index (χ4n) is 2.55. The van der Waals surface area contributed by atoms with Crippen molar-refractivity contribution >= 4 is 17.8 Å². The number of hydrogen-bond acceptors (Lipinski definition) is 7. The molecule has 1 fully saturated rings. The van der Waals surface area contributed by atoms with Crippen LogP contribution in [0.25, 0.3) is 0 Å². The maximum atomic E-state index is 5.51. The lowest BCUT2D eigenvalue weighted by molar-refractivity contribution is 0.317. The number of anilines is 3. The number of nitrogens with one attached hydrogen (secondary N) is 1. The van der Waals surface area contributed by atoms with Gasteiger partial charge in [0.25, 0.3) is 0 Å². The molecule has 0 aliphatic heterocycles. The van der Waals surface area contributed by atoms with Gasteiger partial charge in [-0.2, -0.15) is 15.0 Å². The van der Waals surface area contributed by atoms with E-state index in [2.05, 4.69) is 50.9 Å². The van der Waals surface area contributed by atoms with Crippen molar-refractivity contribution in [2.75, 3.05) is 41.4 Å². The number of hydrazine groups is 1. The van der Waals surface area contributed by atoms with E-state index in [0.717, 1.165) is 32.1 Å². The molecule has 1 saturated carbocycles. The number of nitrogen functional groups attached to an aromatic ring is 1. The highest BCUT2D eigenvalue weighted by Gasteiger charge is 2.22. The highest BCUT2D eigenvalue weighted by molar-refractivity contribution is 5.44. The van der Waals surface area contributed by atoms with E-state index in [0.29, 0.717) is 17.8 Å². The van der Waals surface area contributed by atoms with E-state index < -0.39 is 0 Å². The average Bonchev–Trinajstić information content (AvgIpc) is 2.47. The standard InChI is InChI=1S/C14H27N7/c1-4-20(5-2)13-16-12(19-15)17-14(18-13)21(6-3)10-11-8-7-9-11/h11H,4-10,15H2,1-3H3,(H,16,17,18,19). The largest absolute Gasteiger partial charge is 0.341 e. The molecule has 0 amide bonds. The molecule has 21 heavy (non-hydrogen) atoms. The molecule has 0 aromatic carbocycles. The van der Waals surface area contributed by atoms with Crippen LogP contribution in [-0.4, -0.2) is 41.1 Å². The van der Waals surface area contributed by atoms with Crippen LogP contribution in [0, 0.1) is 5.92 Å². The predicted octanol–water partition coefficient (Wildman–Crippen LogP) is 1.63. The van der Waals surface area contributed by atoms with Gasteiger partial charge in [-0.15, -0.1) is 0 Å². The SMILES string of the molecule is CCN(CC)c1nc(NN)nc(N(CC)CC2CCC2)n1. The van der Waals surface area contributed by atoms with E-state index in [1.807, 2.05) is 0 Å². The summed E-state index contributed by atoms with van der Waals surface area (Å²) in [6.07, 6.45) is 3.97. The zero-order chi connectivity index (χ0) is 15.2. The minimum Gasteiger partial charge on any atom is -0.341 e. The molecule has 1 aromatic rings. The number of hydrogen-bond donors (Lipinski definition) is 2. The van der Waals surface area contributed by atoms with E-state index in [9.17, 15) is 0 Å². The fraction of sp³-hybridized carbons (Fsp3) is 0.786. The van der Waals surface area contributed by atoms with Crippen LogP contribution in [0.15, 0.2) is 0 Å². The highest BCUT2D eigenvalue weighted by atomic mass is 15.4. The number of nitrogens with zero attached hydrogens (tertiary/aromatic N) is 5. The van der Waals surface area contributed by atoms with Crippen LogP contribution in [0.5, 0.6) is 0 Å². The monoisotopic (exact) mass is 293 g/mol. The molecule has 0 atom stereocenters. The maximum Gasteiger partial charge on any atom is 0.243 e. The van der Waals surface area contributed by atoms with Crippen LogP contribution >= 0.6 is 0 Å². The van der Waals surface area contributed by atoms with Crippen molar-refractivity contribution in [3.05, 3.63) is 0 Å². The first-order chi connectivity index (χ1) is 10.2. The molecule has 0 saturated heterocycles. The Kier molecular flexibility index (Phi) is 5.55. The minimum absolute atomic E-state index is 0.425. The Bertz CT molecular complexity index is 443. The van der Waals surface area contributed by atoms with Gasteiger partial charge >= 0.3 is 0 Å². The summed E-state index contributed by atoms with van der Waals surface area (Å²) < 4.78 is 0. The van der Waals surface area contributed by atoms with Gasteiger partial charge in [-0.3, -0.25) is 5.43 Å². The van der Waals surface area contributed by atoms with Crippen molar-refractivity contribution in [1.82, 2.24) is 15.0 Å². The van der Waals surface area contributed by atoms with Crippen LogP contribution in [0.3, 0.4) is 0 Å². The number of aromatic nitrogens is 3. The average molecular weight is 293 g/mol. The number of rotatable bonds is 8. The summed E-state index contributed by atoms with van der Waals surface area (Å²) in [5.74, 6) is 8.11. The fourth-order valence-corrected chi connectivity index (χ4v) is 2.55. The smallest absolute Gasteiger partial charge is 0.243 e. The third-order valence-electron chi connectivity index (χ3n) is 4.16. The molecule has 2 rings (SSSR count). The molecule has 0 radical (unpaired) electrons.